The van der Waals surface area contributed by atoms with E-state index in [1.807, 2.05) is 21.1 Å². The average Bonchev–Trinajstić information content (AvgIpc) is 2.69. The third-order valence-corrected chi connectivity index (χ3v) is 5.78. The molecule has 0 heterocycles. The predicted octanol–water partition coefficient (Wildman–Crippen LogP) is -0.152. The minimum atomic E-state index is -3.44. The molecule has 0 aromatic heterocycles. The molecule has 0 amide bonds. The van der Waals surface area contributed by atoms with Crippen LogP contribution in [0.1, 0.15) is 18.1 Å². The van der Waals surface area contributed by atoms with Crippen LogP contribution in [0, 0.1) is 5.82 Å². The Balaban J connectivity index is 0.00000578. The molecule has 0 saturated heterocycles. The number of hydrogen-bond acceptors (Lipinski definition) is 6. The van der Waals surface area contributed by atoms with Crippen LogP contribution in [0.3, 0.4) is 0 Å². The Hall–Kier alpha value is -2.56. The number of esters is 2. The van der Waals surface area contributed by atoms with Gasteiger partial charge in [0.05, 0.1) is 31.6 Å². The normalized spacial score (nSPS) is 12.3. The molecule has 0 aliphatic carbocycles. The lowest BCUT2D eigenvalue weighted by atomic mass is 9.93. The van der Waals surface area contributed by atoms with E-state index < -0.39 is 34.2 Å². The van der Waals surface area contributed by atoms with Crippen molar-refractivity contribution in [3.05, 3.63) is 71.0 Å². The fourth-order valence-corrected chi connectivity index (χ4v) is 3.56. The molecule has 2 rings (SSSR count). The van der Waals surface area contributed by atoms with Crippen molar-refractivity contribution < 1.29 is 53.3 Å². The van der Waals surface area contributed by atoms with Gasteiger partial charge in [-0.3, -0.25) is 4.79 Å². The minimum Gasteiger partial charge on any atom is -1.00 e. The van der Waals surface area contributed by atoms with Gasteiger partial charge in [0.1, 0.15) is 25.6 Å². The first kappa shape index (κ1) is 29.5. The quantitative estimate of drug-likeness (QED) is 0.242. The number of hydrogen-bond donors (Lipinski definition) is 0. The average molecular weight is 558 g/mol. The third kappa shape index (κ3) is 9.00. The number of rotatable bonds is 9. The molecule has 0 saturated carbocycles. The second kappa shape index (κ2) is 12.2. The molecular formula is C24H29BrFNO6S. The maximum absolute atomic E-state index is 14.1. The predicted molar refractivity (Wildman–Crippen MR) is 122 cm³/mol. The van der Waals surface area contributed by atoms with E-state index in [1.165, 1.54) is 49.4 Å². The molecule has 2 aromatic carbocycles. The lowest BCUT2D eigenvalue weighted by Crippen LogP contribution is -3.00. The Morgan fingerprint density at radius 1 is 0.971 bits per heavy atom. The fourth-order valence-electron chi connectivity index (χ4n) is 2.93. The van der Waals surface area contributed by atoms with Crippen LogP contribution in [-0.2, 0) is 28.9 Å². The number of likely N-dealkylation sites (N-methyl/N-ethyl adjacent to an activating group) is 1. The molecule has 0 spiro atoms. The summed E-state index contributed by atoms with van der Waals surface area (Å²) >= 11 is 0. The Morgan fingerprint density at radius 2 is 1.59 bits per heavy atom. The van der Waals surface area contributed by atoms with Gasteiger partial charge in [-0.1, -0.05) is 24.3 Å². The first-order valence-corrected chi connectivity index (χ1v) is 12.1. The Kier molecular flexibility index (Phi) is 10.6. The number of carbonyl (C=O) groups is 2. The van der Waals surface area contributed by atoms with Crippen LogP contribution in [0.25, 0.3) is 5.57 Å². The molecule has 0 bridgehead atoms. The standard InChI is InChI=1S/C24H29FNO6S.BrH/c1-17(27)32-16-22(24(28)31-14-13-26(2,3)4)23(19-7-6-8-20(25)15-19)18-9-11-21(12-10-18)33(5,29)30;/h6-12,15H,13-14,16H2,1-5H3;1H/q+1;/p-1/b23-22-;. The summed E-state index contributed by atoms with van der Waals surface area (Å²) in [5, 5.41) is 0. The van der Waals surface area contributed by atoms with Crippen molar-refractivity contribution >= 4 is 27.3 Å². The van der Waals surface area contributed by atoms with Crippen LogP contribution >= 0.6 is 0 Å². The van der Waals surface area contributed by atoms with Gasteiger partial charge in [0.2, 0.25) is 0 Å². The Bertz CT molecular complexity index is 1150. The van der Waals surface area contributed by atoms with Crippen molar-refractivity contribution in [1.82, 2.24) is 0 Å². The first-order valence-electron chi connectivity index (χ1n) is 10.2. The van der Waals surface area contributed by atoms with Crippen LogP contribution < -0.4 is 17.0 Å². The van der Waals surface area contributed by atoms with Crippen molar-refractivity contribution in [2.45, 2.75) is 11.8 Å². The highest BCUT2D eigenvalue weighted by atomic mass is 79.9. The van der Waals surface area contributed by atoms with Gasteiger partial charge >= 0.3 is 11.9 Å². The molecule has 2 aromatic rings. The smallest absolute Gasteiger partial charge is 0.338 e. The van der Waals surface area contributed by atoms with E-state index in [0.29, 0.717) is 22.2 Å². The van der Waals surface area contributed by atoms with Gasteiger partial charge in [-0.25, -0.2) is 17.6 Å². The van der Waals surface area contributed by atoms with Crippen molar-refractivity contribution in [3.63, 3.8) is 0 Å². The summed E-state index contributed by atoms with van der Waals surface area (Å²) in [5.41, 5.74) is 1.10. The number of benzene rings is 2. The zero-order chi connectivity index (χ0) is 24.8. The topological polar surface area (TPSA) is 86.7 Å². The molecule has 0 unspecified atom stereocenters. The summed E-state index contributed by atoms with van der Waals surface area (Å²) in [4.78, 5) is 24.7. The first-order chi connectivity index (χ1) is 15.3. The lowest BCUT2D eigenvalue weighted by molar-refractivity contribution is -0.870. The van der Waals surface area contributed by atoms with E-state index in [2.05, 4.69) is 0 Å². The van der Waals surface area contributed by atoms with Crippen molar-refractivity contribution in [2.24, 2.45) is 0 Å². The van der Waals surface area contributed by atoms with Gasteiger partial charge in [-0.15, -0.1) is 0 Å². The molecule has 186 valence electrons. The molecular weight excluding hydrogens is 529 g/mol. The third-order valence-electron chi connectivity index (χ3n) is 4.65. The molecule has 10 heteroatoms. The maximum Gasteiger partial charge on any atom is 0.338 e. The largest absolute Gasteiger partial charge is 1.00 e. The fraction of sp³-hybridized carbons (Fsp3) is 0.333. The number of sulfone groups is 1. The summed E-state index contributed by atoms with van der Waals surface area (Å²) in [6.07, 6.45) is 1.09. The lowest BCUT2D eigenvalue weighted by Gasteiger charge is -2.23. The van der Waals surface area contributed by atoms with Crippen LogP contribution in [0.15, 0.2) is 59.0 Å². The summed E-state index contributed by atoms with van der Waals surface area (Å²) in [6, 6.07) is 11.4. The zero-order valence-corrected chi connectivity index (χ0v) is 22.2. The van der Waals surface area contributed by atoms with Crippen molar-refractivity contribution in [1.29, 1.82) is 0 Å². The second-order valence-corrected chi connectivity index (χ2v) is 10.6. The van der Waals surface area contributed by atoms with Gasteiger partial charge in [-0.05, 0) is 35.4 Å². The van der Waals surface area contributed by atoms with Crippen LogP contribution in [-0.4, -0.2) is 72.0 Å². The van der Waals surface area contributed by atoms with Gasteiger partial charge in [0.15, 0.2) is 9.84 Å². The molecule has 0 aliphatic heterocycles. The van der Waals surface area contributed by atoms with E-state index in [4.69, 9.17) is 9.47 Å². The number of quaternary nitrogens is 1. The van der Waals surface area contributed by atoms with E-state index in [9.17, 15) is 22.4 Å². The summed E-state index contributed by atoms with van der Waals surface area (Å²) in [5.74, 6) is -1.84. The SMILES string of the molecule is CC(=O)OC/C(C(=O)OCC[N+](C)(C)C)=C(\c1ccc(S(C)(=O)=O)cc1)c1cccc(F)c1.[Br-]. The van der Waals surface area contributed by atoms with Crippen LogP contribution in [0.5, 0.6) is 0 Å². The van der Waals surface area contributed by atoms with Gasteiger partial charge in [0.25, 0.3) is 0 Å². The van der Waals surface area contributed by atoms with Crippen LogP contribution in [0.4, 0.5) is 4.39 Å². The monoisotopic (exact) mass is 557 g/mol. The van der Waals surface area contributed by atoms with Crippen molar-refractivity contribution in [2.75, 3.05) is 47.2 Å². The van der Waals surface area contributed by atoms with Gasteiger partial charge in [-0.2, -0.15) is 0 Å². The highest BCUT2D eigenvalue weighted by molar-refractivity contribution is 7.90. The summed E-state index contributed by atoms with van der Waals surface area (Å²) < 4.78 is 48.9. The zero-order valence-electron chi connectivity index (χ0n) is 19.8. The summed E-state index contributed by atoms with van der Waals surface area (Å²) in [6.45, 7) is 1.49. The molecule has 34 heavy (non-hydrogen) atoms. The maximum atomic E-state index is 14.1. The molecule has 0 aliphatic rings. The number of nitrogens with zero attached hydrogens (tertiary/aromatic N) is 1. The highest BCUT2D eigenvalue weighted by Crippen LogP contribution is 2.29. The molecule has 7 nitrogen and oxygen atoms in total. The Labute approximate surface area is 210 Å². The van der Waals surface area contributed by atoms with Gasteiger partial charge in [0, 0.05) is 18.8 Å². The number of halogens is 2. The Morgan fingerprint density at radius 3 is 2.09 bits per heavy atom. The molecule has 0 fully saturated rings. The van der Waals surface area contributed by atoms with E-state index in [-0.39, 0.29) is 39.6 Å². The van der Waals surface area contributed by atoms with Gasteiger partial charge < -0.3 is 30.9 Å². The van der Waals surface area contributed by atoms with E-state index in [1.54, 1.807) is 6.07 Å². The summed E-state index contributed by atoms with van der Waals surface area (Å²) in [7, 11) is 2.41. The van der Waals surface area contributed by atoms with E-state index >= 15 is 0 Å². The molecule has 0 radical (unpaired) electrons. The number of ether oxygens (including phenoxy) is 2. The van der Waals surface area contributed by atoms with Crippen molar-refractivity contribution in [3.8, 4) is 0 Å². The van der Waals surface area contributed by atoms with Crippen LogP contribution in [0.2, 0.25) is 0 Å². The number of carbonyl (C=O) groups excluding carboxylic acids is 2. The van der Waals surface area contributed by atoms with E-state index in [0.717, 1.165) is 6.26 Å². The molecule has 0 N–H and O–H groups in total. The highest BCUT2D eigenvalue weighted by Gasteiger charge is 2.23. The molecule has 0 atom stereocenters. The second-order valence-electron chi connectivity index (χ2n) is 8.59. The minimum absolute atomic E-state index is 0.